The van der Waals surface area contributed by atoms with E-state index in [0.717, 1.165) is 17.4 Å². The van der Waals surface area contributed by atoms with E-state index in [-0.39, 0.29) is 0 Å². The Labute approximate surface area is 83.5 Å². The molecule has 0 unspecified atom stereocenters. The van der Waals surface area contributed by atoms with Crippen LogP contribution < -0.4 is 0 Å². The van der Waals surface area contributed by atoms with E-state index in [2.05, 4.69) is 12.6 Å². The largest absolute Gasteiger partial charge is 0.298 e. The van der Waals surface area contributed by atoms with Crippen molar-refractivity contribution in [3.8, 4) is 6.07 Å². The first kappa shape index (κ1) is 10.2. The van der Waals surface area contributed by atoms with Gasteiger partial charge in [0, 0.05) is 12.0 Å². The van der Waals surface area contributed by atoms with Gasteiger partial charge in [0.15, 0.2) is 0 Å². The molecule has 0 spiro atoms. The molecular formula is C12H11NO. The third kappa shape index (κ3) is 2.56. The van der Waals surface area contributed by atoms with E-state index < -0.39 is 0 Å². The molecular weight excluding hydrogens is 174 g/mol. The molecule has 2 nitrogen and oxygen atoms in total. The minimum atomic E-state index is 0.462. The quantitative estimate of drug-likeness (QED) is 0.677. The average Bonchev–Trinajstić information content (AvgIpc) is 2.26. The molecule has 0 amide bonds. The van der Waals surface area contributed by atoms with Gasteiger partial charge in [-0.25, -0.2) is 0 Å². The zero-order valence-corrected chi connectivity index (χ0v) is 7.86. The number of nitrogens with zero attached hydrogens (tertiary/aromatic N) is 1. The van der Waals surface area contributed by atoms with Crippen molar-refractivity contribution in [1.82, 2.24) is 0 Å². The lowest BCUT2D eigenvalue weighted by Crippen LogP contribution is -1.86. The minimum Gasteiger partial charge on any atom is -0.298 e. The summed E-state index contributed by atoms with van der Waals surface area (Å²) in [5.41, 5.74) is 2.47. The lowest BCUT2D eigenvalue weighted by atomic mass is 10.0. The van der Waals surface area contributed by atoms with Crippen molar-refractivity contribution in [3.63, 3.8) is 0 Å². The maximum atomic E-state index is 10.5. The van der Waals surface area contributed by atoms with Crippen LogP contribution in [0, 0.1) is 11.3 Å². The van der Waals surface area contributed by atoms with E-state index in [1.54, 1.807) is 12.1 Å². The molecule has 0 heterocycles. The Morgan fingerprint density at radius 2 is 2.36 bits per heavy atom. The molecule has 0 aliphatic carbocycles. The highest BCUT2D eigenvalue weighted by atomic mass is 16.1. The lowest BCUT2D eigenvalue weighted by molar-refractivity contribution is 0.112. The van der Waals surface area contributed by atoms with Crippen LogP contribution in [0.4, 0.5) is 0 Å². The van der Waals surface area contributed by atoms with Crippen molar-refractivity contribution in [1.29, 1.82) is 5.26 Å². The number of carbonyl (C=O) groups excluding carboxylic acids is 1. The molecule has 0 atom stereocenters. The highest BCUT2D eigenvalue weighted by molar-refractivity contribution is 5.77. The summed E-state index contributed by atoms with van der Waals surface area (Å²) in [6.07, 6.45) is 1.92. The zero-order chi connectivity index (χ0) is 10.4. The van der Waals surface area contributed by atoms with Gasteiger partial charge in [0.05, 0.1) is 6.07 Å². The van der Waals surface area contributed by atoms with E-state index in [0.29, 0.717) is 18.4 Å². The average molecular weight is 185 g/mol. The molecule has 0 aliphatic heterocycles. The van der Waals surface area contributed by atoms with Gasteiger partial charge in [-0.3, -0.25) is 4.79 Å². The van der Waals surface area contributed by atoms with Gasteiger partial charge in [0.25, 0.3) is 0 Å². The van der Waals surface area contributed by atoms with Gasteiger partial charge in [-0.1, -0.05) is 24.8 Å². The number of carbonyl (C=O) groups is 1. The molecule has 0 fully saturated rings. The smallest absolute Gasteiger partial charge is 0.150 e. The number of nitriles is 1. The number of hydrogen-bond acceptors (Lipinski definition) is 2. The van der Waals surface area contributed by atoms with E-state index >= 15 is 0 Å². The van der Waals surface area contributed by atoms with Gasteiger partial charge in [-0.2, -0.15) is 5.26 Å². The second-order valence-corrected chi connectivity index (χ2v) is 3.00. The van der Waals surface area contributed by atoms with Crippen molar-refractivity contribution in [2.24, 2.45) is 0 Å². The van der Waals surface area contributed by atoms with E-state index in [1.807, 2.05) is 12.1 Å². The highest BCUT2D eigenvalue weighted by Crippen LogP contribution is 2.17. The van der Waals surface area contributed by atoms with Crippen LogP contribution in [0.2, 0.25) is 0 Å². The molecule has 0 bridgehead atoms. The van der Waals surface area contributed by atoms with Crippen molar-refractivity contribution < 1.29 is 4.79 Å². The van der Waals surface area contributed by atoms with Crippen molar-refractivity contribution in [2.75, 3.05) is 0 Å². The summed E-state index contributed by atoms with van der Waals surface area (Å²) in [4.78, 5) is 10.5. The molecule has 0 aliphatic rings. The molecule has 0 radical (unpaired) electrons. The summed E-state index contributed by atoms with van der Waals surface area (Å²) in [7, 11) is 0. The molecule has 0 saturated carbocycles. The first-order chi connectivity index (χ1) is 6.77. The molecule has 2 heteroatoms. The standard InChI is InChI=1S/C12H11NO/c1-10(4-3-7-13)12-6-2-5-11(8-12)9-14/h2,5-6,8-9H,1,3-4H2. The summed E-state index contributed by atoms with van der Waals surface area (Å²) >= 11 is 0. The van der Waals surface area contributed by atoms with Gasteiger partial charge < -0.3 is 0 Å². The summed E-state index contributed by atoms with van der Waals surface area (Å²) in [5, 5.41) is 8.42. The van der Waals surface area contributed by atoms with Gasteiger partial charge in [0.2, 0.25) is 0 Å². The van der Waals surface area contributed by atoms with Crippen LogP contribution in [-0.4, -0.2) is 6.29 Å². The minimum absolute atomic E-state index is 0.462. The molecule has 0 aromatic heterocycles. The number of rotatable bonds is 4. The topological polar surface area (TPSA) is 40.9 Å². The molecule has 1 aromatic carbocycles. The lowest BCUT2D eigenvalue weighted by Gasteiger charge is -2.03. The summed E-state index contributed by atoms with van der Waals surface area (Å²) < 4.78 is 0. The van der Waals surface area contributed by atoms with Crippen LogP contribution in [0.3, 0.4) is 0 Å². The fourth-order valence-corrected chi connectivity index (χ4v) is 1.18. The van der Waals surface area contributed by atoms with E-state index in [4.69, 9.17) is 5.26 Å². The van der Waals surface area contributed by atoms with Gasteiger partial charge in [-0.05, 0) is 23.6 Å². The van der Waals surface area contributed by atoms with Crippen LogP contribution >= 0.6 is 0 Å². The Balaban J connectivity index is 2.80. The molecule has 0 saturated heterocycles. The molecule has 14 heavy (non-hydrogen) atoms. The monoisotopic (exact) mass is 185 g/mol. The zero-order valence-electron chi connectivity index (χ0n) is 7.86. The number of hydrogen-bond donors (Lipinski definition) is 0. The second-order valence-electron chi connectivity index (χ2n) is 3.00. The second kappa shape index (κ2) is 4.98. The third-order valence-electron chi connectivity index (χ3n) is 1.97. The Kier molecular flexibility index (Phi) is 3.63. The van der Waals surface area contributed by atoms with Gasteiger partial charge in [-0.15, -0.1) is 0 Å². The first-order valence-corrected chi connectivity index (χ1v) is 4.38. The fraction of sp³-hybridized carbons (Fsp3) is 0.167. The Bertz CT molecular complexity index is 388. The Morgan fingerprint density at radius 1 is 1.57 bits per heavy atom. The van der Waals surface area contributed by atoms with Crippen LogP contribution in [0.5, 0.6) is 0 Å². The van der Waals surface area contributed by atoms with Crippen LogP contribution in [0.15, 0.2) is 30.8 Å². The van der Waals surface area contributed by atoms with Gasteiger partial charge >= 0.3 is 0 Å². The molecule has 1 aromatic rings. The first-order valence-electron chi connectivity index (χ1n) is 4.38. The van der Waals surface area contributed by atoms with Gasteiger partial charge in [0.1, 0.15) is 6.29 Å². The predicted octanol–water partition coefficient (Wildman–Crippen LogP) is 2.82. The maximum absolute atomic E-state index is 10.5. The Morgan fingerprint density at radius 3 is 3.00 bits per heavy atom. The third-order valence-corrected chi connectivity index (χ3v) is 1.97. The molecule has 70 valence electrons. The van der Waals surface area contributed by atoms with E-state index in [9.17, 15) is 4.79 Å². The van der Waals surface area contributed by atoms with Crippen LogP contribution in [-0.2, 0) is 0 Å². The fourth-order valence-electron chi connectivity index (χ4n) is 1.18. The van der Waals surface area contributed by atoms with Crippen molar-refractivity contribution >= 4 is 11.9 Å². The predicted molar refractivity (Wildman–Crippen MR) is 55.7 cm³/mol. The van der Waals surface area contributed by atoms with E-state index in [1.165, 1.54) is 0 Å². The Hall–Kier alpha value is -1.88. The normalized spacial score (nSPS) is 9.07. The maximum Gasteiger partial charge on any atom is 0.150 e. The number of aldehydes is 1. The summed E-state index contributed by atoms with van der Waals surface area (Å²) in [6.45, 7) is 3.87. The number of benzene rings is 1. The SMILES string of the molecule is C=C(CCC#N)c1cccc(C=O)c1. The van der Waals surface area contributed by atoms with Crippen molar-refractivity contribution in [3.05, 3.63) is 42.0 Å². The van der Waals surface area contributed by atoms with Crippen LogP contribution in [0.1, 0.15) is 28.8 Å². The van der Waals surface area contributed by atoms with Crippen LogP contribution in [0.25, 0.3) is 5.57 Å². The van der Waals surface area contributed by atoms with Crippen molar-refractivity contribution in [2.45, 2.75) is 12.8 Å². The molecule has 1 rings (SSSR count). The summed E-state index contributed by atoms with van der Waals surface area (Å²) in [6, 6.07) is 9.31. The molecule has 0 N–H and O–H groups in total. The highest BCUT2D eigenvalue weighted by Gasteiger charge is 1.99. The number of allylic oxidation sites excluding steroid dienone is 1. The summed E-state index contributed by atoms with van der Waals surface area (Å²) in [5.74, 6) is 0.